The first kappa shape index (κ1) is 7.21. The smallest absolute Gasteiger partial charge is 0.231 e. The maximum absolute atomic E-state index is 7.57. The lowest BCUT2D eigenvalue weighted by molar-refractivity contribution is 0.174. The number of fused-ring (bicyclic) bond motifs is 1. The third-order valence-electron chi connectivity index (χ3n) is 1.92. The van der Waals surface area contributed by atoms with E-state index in [0.717, 1.165) is 17.1 Å². The van der Waals surface area contributed by atoms with E-state index in [1.165, 1.54) is 0 Å². The summed E-state index contributed by atoms with van der Waals surface area (Å²) in [6.45, 7) is 1.96. The van der Waals surface area contributed by atoms with Gasteiger partial charge in [0.2, 0.25) is 6.79 Å². The van der Waals surface area contributed by atoms with E-state index in [4.69, 9.17) is 16.6 Å². The van der Waals surface area contributed by atoms with Crippen molar-refractivity contribution in [3.63, 3.8) is 0 Å². The van der Waals surface area contributed by atoms with Gasteiger partial charge in [-0.05, 0) is 31.0 Å². The van der Waals surface area contributed by atoms with Crippen LogP contribution in [0.5, 0.6) is 11.5 Å². The topological polar surface area (TPSA) is 44.5 Å². The van der Waals surface area contributed by atoms with Gasteiger partial charge in [0.15, 0.2) is 11.5 Å². The van der Waals surface area contributed by atoms with E-state index in [2.05, 4.69) is 0 Å². The molecule has 0 bridgehead atoms. The van der Waals surface area contributed by atoms with Crippen LogP contribution in [-0.4, -0.2) is 12.8 Å². The zero-order valence-electron chi connectivity index (χ0n) is 8.54. The van der Waals surface area contributed by atoms with Crippen molar-refractivity contribution in [2.24, 2.45) is 5.73 Å². The second kappa shape index (κ2) is 3.26. The van der Waals surface area contributed by atoms with Crippen LogP contribution in [0.1, 0.15) is 13.9 Å². The minimum Gasteiger partial charge on any atom is -0.454 e. The molecule has 1 atom stereocenters. The third-order valence-corrected chi connectivity index (χ3v) is 1.92. The Bertz CT molecular complexity index is 346. The van der Waals surface area contributed by atoms with Gasteiger partial charge >= 0.3 is 0 Å². The van der Waals surface area contributed by atoms with Crippen molar-refractivity contribution in [3.05, 3.63) is 23.8 Å². The van der Waals surface area contributed by atoms with Crippen LogP contribution in [0.3, 0.4) is 0 Å². The molecule has 0 saturated heterocycles. The number of nitrogens with two attached hydrogens (primary N) is 1. The highest BCUT2D eigenvalue weighted by atomic mass is 16.7. The summed E-state index contributed by atoms with van der Waals surface area (Å²) < 4.78 is 18.0. The van der Waals surface area contributed by atoms with Gasteiger partial charge in [-0.15, -0.1) is 0 Å². The summed E-state index contributed by atoms with van der Waals surface area (Å²) in [5.41, 5.74) is 6.60. The molecule has 0 amide bonds. The van der Waals surface area contributed by atoms with Crippen molar-refractivity contribution in [2.75, 3.05) is 6.79 Å². The largest absolute Gasteiger partial charge is 0.454 e. The van der Waals surface area contributed by atoms with E-state index in [-0.39, 0.29) is 6.79 Å². The fourth-order valence-electron chi connectivity index (χ4n) is 1.37. The fourth-order valence-corrected chi connectivity index (χ4v) is 1.37. The molecule has 1 aliphatic rings. The van der Waals surface area contributed by atoms with Gasteiger partial charge in [0.05, 0.1) is 0 Å². The summed E-state index contributed by atoms with van der Waals surface area (Å²) in [4.78, 5) is 0. The molecule has 1 unspecified atom stereocenters. The van der Waals surface area contributed by atoms with Crippen molar-refractivity contribution in [1.29, 1.82) is 0 Å². The van der Waals surface area contributed by atoms with Gasteiger partial charge < -0.3 is 15.2 Å². The molecule has 0 aromatic heterocycles. The first-order chi connectivity index (χ1) is 6.54. The number of ether oxygens (including phenoxy) is 2. The van der Waals surface area contributed by atoms with Gasteiger partial charge in [-0.2, -0.15) is 0 Å². The summed E-state index contributed by atoms with van der Waals surface area (Å²) >= 11 is 0. The molecule has 1 aromatic carbocycles. The SMILES string of the molecule is [2H]C(C)(N)Cc1ccc2c(c1)OCO2. The summed E-state index contributed by atoms with van der Waals surface area (Å²) in [6, 6.07) is 4.70. The van der Waals surface area contributed by atoms with Gasteiger partial charge in [0, 0.05) is 7.39 Å². The number of hydrogen-bond donors (Lipinski definition) is 1. The minimum absolute atomic E-state index is 0.277. The standard InChI is InChI=1S/C10H13NO2/c1-7(11)4-8-2-3-9-10(5-8)13-6-12-9/h2-3,5,7H,4,6,11H2,1H3/i7D. The van der Waals surface area contributed by atoms with Crippen molar-refractivity contribution >= 4 is 0 Å². The normalized spacial score (nSPS) is 19.4. The summed E-state index contributed by atoms with van der Waals surface area (Å²) in [5, 5.41) is 0. The maximum atomic E-state index is 7.57. The van der Waals surface area contributed by atoms with E-state index < -0.39 is 6.02 Å². The van der Waals surface area contributed by atoms with Crippen LogP contribution in [0.15, 0.2) is 18.2 Å². The molecule has 0 aliphatic carbocycles. The third kappa shape index (κ3) is 1.75. The maximum Gasteiger partial charge on any atom is 0.231 e. The zero-order valence-corrected chi connectivity index (χ0v) is 7.54. The monoisotopic (exact) mass is 180 g/mol. The van der Waals surface area contributed by atoms with Crippen LogP contribution in [0.4, 0.5) is 0 Å². The van der Waals surface area contributed by atoms with E-state index in [1.807, 2.05) is 18.2 Å². The Kier molecular flexibility index (Phi) is 1.81. The lowest BCUT2D eigenvalue weighted by atomic mass is 10.1. The molecule has 0 radical (unpaired) electrons. The second-order valence-electron chi connectivity index (χ2n) is 3.21. The summed E-state index contributed by atoms with van der Waals surface area (Å²) in [7, 11) is 0. The number of hydrogen-bond acceptors (Lipinski definition) is 3. The molecular weight excluding hydrogens is 166 g/mol. The number of rotatable bonds is 2. The van der Waals surface area contributed by atoms with Crippen molar-refractivity contribution < 1.29 is 10.8 Å². The van der Waals surface area contributed by atoms with Gasteiger partial charge in [0.1, 0.15) is 0 Å². The van der Waals surface area contributed by atoms with Crippen LogP contribution in [0, 0.1) is 0 Å². The van der Waals surface area contributed by atoms with Crippen molar-refractivity contribution in [1.82, 2.24) is 0 Å². The molecule has 0 saturated carbocycles. The van der Waals surface area contributed by atoms with Crippen molar-refractivity contribution in [2.45, 2.75) is 19.4 Å². The molecule has 3 nitrogen and oxygen atoms in total. The zero-order chi connectivity index (χ0) is 10.2. The Hall–Kier alpha value is -1.22. The molecule has 1 aliphatic heterocycles. The van der Waals surface area contributed by atoms with E-state index in [0.29, 0.717) is 6.42 Å². The van der Waals surface area contributed by atoms with Crippen LogP contribution >= 0.6 is 0 Å². The van der Waals surface area contributed by atoms with Gasteiger partial charge in [-0.1, -0.05) is 6.07 Å². The average molecular weight is 180 g/mol. The molecule has 13 heavy (non-hydrogen) atoms. The summed E-state index contributed by atoms with van der Waals surface area (Å²) in [6.07, 6.45) is 0.504. The molecular formula is C10H13NO2. The molecule has 2 N–H and O–H groups in total. The van der Waals surface area contributed by atoms with Gasteiger partial charge in [0.25, 0.3) is 0 Å². The Morgan fingerprint density at radius 1 is 1.54 bits per heavy atom. The Labute approximate surface area is 78.9 Å². The fraction of sp³-hybridized carbons (Fsp3) is 0.400. The Morgan fingerprint density at radius 3 is 3.08 bits per heavy atom. The lowest BCUT2D eigenvalue weighted by Gasteiger charge is -2.05. The molecule has 0 spiro atoms. The van der Waals surface area contributed by atoms with E-state index in [1.54, 1.807) is 6.92 Å². The van der Waals surface area contributed by atoms with Gasteiger partial charge in [-0.25, -0.2) is 0 Å². The molecule has 3 heteroatoms. The summed E-state index contributed by atoms with van der Waals surface area (Å²) in [5.74, 6) is 1.50. The van der Waals surface area contributed by atoms with Gasteiger partial charge in [-0.3, -0.25) is 0 Å². The minimum atomic E-state index is -0.937. The predicted octanol–water partition coefficient (Wildman–Crippen LogP) is 1.31. The lowest BCUT2D eigenvalue weighted by Crippen LogP contribution is -2.17. The molecule has 1 aromatic rings. The van der Waals surface area contributed by atoms with Crippen LogP contribution in [0.2, 0.25) is 0 Å². The first-order valence-corrected chi connectivity index (χ1v) is 4.22. The highest BCUT2D eigenvalue weighted by molar-refractivity contribution is 5.44. The van der Waals surface area contributed by atoms with E-state index in [9.17, 15) is 0 Å². The van der Waals surface area contributed by atoms with Crippen LogP contribution < -0.4 is 15.2 Å². The average Bonchev–Trinajstić information content (AvgIpc) is 2.47. The molecule has 1 heterocycles. The van der Waals surface area contributed by atoms with Crippen LogP contribution in [0.25, 0.3) is 0 Å². The first-order valence-electron chi connectivity index (χ1n) is 4.72. The molecule has 70 valence electrons. The molecule has 0 fully saturated rings. The second-order valence-corrected chi connectivity index (χ2v) is 3.21. The molecule has 2 rings (SSSR count). The van der Waals surface area contributed by atoms with Crippen molar-refractivity contribution in [3.8, 4) is 11.5 Å². The Morgan fingerprint density at radius 2 is 2.31 bits per heavy atom. The quantitative estimate of drug-likeness (QED) is 0.746. The Balaban J connectivity index is 2.21. The van der Waals surface area contributed by atoms with Crippen LogP contribution in [-0.2, 0) is 6.42 Å². The highest BCUT2D eigenvalue weighted by Gasteiger charge is 2.13. The number of benzene rings is 1. The highest BCUT2D eigenvalue weighted by Crippen LogP contribution is 2.32. The van der Waals surface area contributed by atoms with E-state index >= 15 is 0 Å². The predicted molar refractivity (Wildman–Crippen MR) is 49.9 cm³/mol.